The van der Waals surface area contributed by atoms with Gasteiger partial charge in [0.15, 0.2) is 5.96 Å². The molecule has 2 rings (SSSR count). The van der Waals surface area contributed by atoms with E-state index in [1.54, 1.807) is 12.1 Å². The van der Waals surface area contributed by atoms with E-state index in [1.165, 1.54) is 17.7 Å². The first-order chi connectivity index (χ1) is 13.0. The van der Waals surface area contributed by atoms with Crippen molar-refractivity contribution in [3.63, 3.8) is 0 Å². The van der Waals surface area contributed by atoms with Gasteiger partial charge in [0.2, 0.25) is 5.91 Å². The molecule has 6 heteroatoms. The third-order valence-corrected chi connectivity index (χ3v) is 4.16. The van der Waals surface area contributed by atoms with Crippen molar-refractivity contribution in [3.8, 4) is 0 Å². The van der Waals surface area contributed by atoms with Crippen LogP contribution >= 0.6 is 0 Å². The number of aryl methyl sites for hydroxylation is 1. The highest BCUT2D eigenvalue weighted by atomic mass is 19.1. The molecule has 0 heterocycles. The van der Waals surface area contributed by atoms with Crippen molar-refractivity contribution < 1.29 is 9.18 Å². The fourth-order valence-electron chi connectivity index (χ4n) is 2.72. The van der Waals surface area contributed by atoms with Gasteiger partial charge < -0.3 is 16.4 Å². The number of amides is 1. The summed E-state index contributed by atoms with van der Waals surface area (Å²) in [6, 6.07) is 14.3. The number of carbonyl (C=O) groups excluding carboxylic acids is 1. The number of hydrogen-bond donors (Lipinski definition) is 3. The molecule has 0 saturated heterocycles. The van der Waals surface area contributed by atoms with Gasteiger partial charge >= 0.3 is 0 Å². The lowest BCUT2D eigenvalue weighted by Crippen LogP contribution is -2.43. The quantitative estimate of drug-likeness (QED) is 0.493. The van der Waals surface area contributed by atoms with Crippen LogP contribution in [-0.4, -0.2) is 25.0 Å². The van der Waals surface area contributed by atoms with Crippen LogP contribution in [0.1, 0.15) is 23.6 Å². The first-order valence-corrected chi connectivity index (χ1v) is 9.09. The lowest BCUT2D eigenvalue weighted by atomic mass is 9.98. The lowest BCUT2D eigenvalue weighted by Gasteiger charge is -2.17. The maximum atomic E-state index is 13.0. The molecular formula is C21H27FN4O. The van der Waals surface area contributed by atoms with E-state index in [9.17, 15) is 9.18 Å². The molecular weight excluding hydrogens is 343 g/mol. The summed E-state index contributed by atoms with van der Waals surface area (Å²) in [5.74, 6) is -0.491. The molecule has 144 valence electrons. The Morgan fingerprint density at radius 1 is 1.15 bits per heavy atom. The molecule has 0 fully saturated rings. The SMILES string of the molecule is CCNC(=NCc1cccc(C)c1)NCC(Cc1ccc(F)cc1)C(N)=O. The van der Waals surface area contributed by atoms with Gasteiger partial charge in [-0.1, -0.05) is 42.0 Å². The van der Waals surface area contributed by atoms with Crippen LogP contribution in [0.15, 0.2) is 53.5 Å². The van der Waals surface area contributed by atoms with E-state index in [-0.39, 0.29) is 5.82 Å². The van der Waals surface area contributed by atoms with Crippen molar-refractivity contribution >= 4 is 11.9 Å². The highest BCUT2D eigenvalue weighted by Crippen LogP contribution is 2.10. The molecule has 0 aromatic heterocycles. The van der Waals surface area contributed by atoms with E-state index in [1.807, 2.05) is 32.0 Å². The Bertz CT molecular complexity index is 774. The molecule has 0 saturated carbocycles. The molecule has 0 aliphatic rings. The second-order valence-corrected chi connectivity index (χ2v) is 6.50. The van der Waals surface area contributed by atoms with Crippen molar-refractivity contribution in [2.45, 2.75) is 26.8 Å². The number of nitrogens with zero attached hydrogens (tertiary/aromatic N) is 1. The fraction of sp³-hybridized carbons (Fsp3) is 0.333. The normalized spacial score (nSPS) is 12.5. The minimum Gasteiger partial charge on any atom is -0.369 e. The number of hydrogen-bond acceptors (Lipinski definition) is 2. The lowest BCUT2D eigenvalue weighted by molar-refractivity contribution is -0.121. The molecule has 0 spiro atoms. The van der Waals surface area contributed by atoms with Crippen molar-refractivity contribution in [1.82, 2.24) is 10.6 Å². The van der Waals surface area contributed by atoms with Crippen LogP contribution in [0.2, 0.25) is 0 Å². The Hall–Kier alpha value is -2.89. The van der Waals surface area contributed by atoms with Crippen molar-refractivity contribution in [1.29, 1.82) is 0 Å². The summed E-state index contributed by atoms with van der Waals surface area (Å²) >= 11 is 0. The van der Waals surface area contributed by atoms with Crippen molar-refractivity contribution in [2.24, 2.45) is 16.6 Å². The smallest absolute Gasteiger partial charge is 0.222 e. The predicted molar refractivity (Wildman–Crippen MR) is 107 cm³/mol. The minimum absolute atomic E-state index is 0.301. The number of carbonyl (C=O) groups is 1. The Balaban J connectivity index is 1.99. The van der Waals surface area contributed by atoms with Crippen LogP contribution in [0, 0.1) is 18.7 Å². The molecule has 27 heavy (non-hydrogen) atoms. The van der Waals surface area contributed by atoms with Crippen LogP contribution in [-0.2, 0) is 17.8 Å². The molecule has 5 nitrogen and oxygen atoms in total. The van der Waals surface area contributed by atoms with E-state index in [4.69, 9.17) is 5.73 Å². The second kappa shape index (κ2) is 10.3. The predicted octanol–water partition coefficient (Wildman–Crippen LogP) is 2.53. The van der Waals surface area contributed by atoms with E-state index >= 15 is 0 Å². The van der Waals surface area contributed by atoms with E-state index in [0.29, 0.717) is 32.0 Å². The average Bonchev–Trinajstić information content (AvgIpc) is 2.64. The van der Waals surface area contributed by atoms with Crippen LogP contribution in [0.25, 0.3) is 0 Å². The standard InChI is InChI=1S/C21H27FN4O/c1-3-24-21(25-13-17-6-4-5-15(2)11-17)26-14-18(20(23)27)12-16-7-9-19(22)10-8-16/h4-11,18H,3,12-14H2,1-2H3,(H2,23,27)(H2,24,25,26). The number of guanidine groups is 1. The van der Waals surface area contributed by atoms with Gasteiger partial charge in [0.05, 0.1) is 12.5 Å². The zero-order valence-corrected chi connectivity index (χ0v) is 15.8. The molecule has 0 bridgehead atoms. The number of halogens is 1. The summed E-state index contributed by atoms with van der Waals surface area (Å²) in [6.45, 7) is 5.62. The summed E-state index contributed by atoms with van der Waals surface area (Å²) in [4.78, 5) is 16.4. The zero-order chi connectivity index (χ0) is 19.6. The van der Waals surface area contributed by atoms with Crippen molar-refractivity contribution in [3.05, 3.63) is 71.0 Å². The third-order valence-electron chi connectivity index (χ3n) is 4.16. The Labute approximate surface area is 159 Å². The average molecular weight is 370 g/mol. The number of aliphatic imine (C=N–C) groups is 1. The van der Waals surface area contributed by atoms with Crippen LogP contribution < -0.4 is 16.4 Å². The minimum atomic E-state index is -0.418. The van der Waals surface area contributed by atoms with Gasteiger partial charge in [-0.3, -0.25) is 4.79 Å². The first kappa shape index (κ1) is 20.4. The van der Waals surface area contributed by atoms with Gasteiger partial charge in [0.25, 0.3) is 0 Å². The number of nitrogens with two attached hydrogens (primary N) is 1. The van der Waals surface area contributed by atoms with Gasteiger partial charge in [0.1, 0.15) is 5.82 Å². The fourth-order valence-corrected chi connectivity index (χ4v) is 2.72. The highest BCUT2D eigenvalue weighted by molar-refractivity contribution is 5.81. The molecule has 2 aromatic rings. The maximum Gasteiger partial charge on any atom is 0.222 e. The van der Waals surface area contributed by atoms with Crippen LogP contribution in [0.4, 0.5) is 4.39 Å². The molecule has 0 radical (unpaired) electrons. The van der Waals surface area contributed by atoms with Gasteiger partial charge in [-0.2, -0.15) is 0 Å². The molecule has 0 aliphatic carbocycles. The Morgan fingerprint density at radius 3 is 2.52 bits per heavy atom. The van der Waals surface area contributed by atoms with Gasteiger partial charge in [-0.15, -0.1) is 0 Å². The molecule has 1 atom stereocenters. The van der Waals surface area contributed by atoms with E-state index in [0.717, 1.165) is 11.1 Å². The number of primary amides is 1. The number of rotatable bonds is 8. The molecule has 1 unspecified atom stereocenters. The Kier molecular flexibility index (Phi) is 7.79. The topological polar surface area (TPSA) is 79.5 Å². The monoisotopic (exact) mass is 370 g/mol. The summed E-state index contributed by atoms with van der Waals surface area (Å²) in [6.07, 6.45) is 0.444. The number of benzene rings is 2. The molecule has 1 amide bonds. The van der Waals surface area contributed by atoms with Gasteiger partial charge in [-0.05, 0) is 43.5 Å². The van der Waals surface area contributed by atoms with Gasteiger partial charge in [0, 0.05) is 13.1 Å². The first-order valence-electron chi connectivity index (χ1n) is 9.09. The highest BCUT2D eigenvalue weighted by Gasteiger charge is 2.16. The van der Waals surface area contributed by atoms with Crippen LogP contribution in [0.3, 0.4) is 0 Å². The van der Waals surface area contributed by atoms with Gasteiger partial charge in [-0.25, -0.2) is 9.38 Å². The third kappa shape index (κ3) is 7.09. The van der Waals surface area contributed by atoms with Crippen LogP contribution in [0.5, 0.6) is 0 Å². The molecule has 4 N–H and O–H groups in total. The summed E-state index contributed by atoms with van der Waals surface area (Å²) in [7, 11) is 0. The molecule has 0 aliphatic heterocycles. The zero-order valence-electron chi connectivity index (χ0n) is 15.8. The summed E-state index contributed by atoms with van der Waals surface area (Å²) < 4.78 is 13.0. The number of nitrogens with one attached hydrogen (secondary N) is 2. The van der Waals surface area contributed by atoms with Crippen molar-refractivity contribution in [2.75, 3.05) is 13.1 Å². The maximum absolute atomic E-state index is 13.0. The van der Waals surface area contributed by atoms with E-state index < -0.39 is 11.8 Å². The van der Waals surface area contributed by atoms with E-state index in [2.05, 4.69) is 21.7 Å². The molecule has 2 aromatic carbocycles. The largest absolute Gasteiger partial charge is 0.369 e. The summed E-state index contributed by atoms with van der Waals surface area (Å²) in [5, 5.41) is 6.35. The summed E-state index contributed by atoms with van der Waals surface area (Å²) in [5.41, 5.74) is 8.71. The Morgan fingerprint density at radius 2 is 1.89 bits per heavy atom. The second-order valence-electron chi connectivity index (χ2n) is 6.50.